The number of rotatable bonds is 16. The molecule has 1 aromatic carbocycles. The lowest BCUT2D eigenvalue weighted by Gasteiger charge is -2.41. The summed E-state index contributed by atoms with van der Waals surface area (Å²) in [6.45, 7) is 26.0. The van der Waals surface area contributed by atoms with Crippen LogP contribution in [0.4, 0.5) is 0 Å². The van der Waals surface area contributed by atoms with Gasteiger partial charge < -0.3 is 13.6 Å². The van der Waals surface area contributed by atoms with E-state index >= 15 is 0 Å². The number of benzene rings is 1. The van der Waals surface area contributed by atoms with E-state index in [1.807, 2.05) is 18.2 Å². The summed E-state index contributed by atoms with van der Waals surface area (Å²) >= 11 is 0. The second-order valence-electron chi connectivity index (χ2n) is 13.7. The topological polar surface area (TPSA) is 44.8 Å². The average molecular weight is 551 g/mol. The maximum absolute atomic E-state index is 12.2. The van der Waals surface area contributed by atoms with E-state index in [0.717, 1.165) is 38.5 Å². The molecule has 6 heteroatoms. The Labute approximate surface area is 231 Å². The van der Waals surface area contributed by atoms with Gasteiger partial charge in [-0.15, -0.1) is 0 Å². The second kappa shape index (κ2) is 15.0. The number of carbonyl (C=O) groups is 1. The molecule has 0 heterocycles. The molecule has 37 heavy (non-hydrogen) atoms. The van der Waals surface area contributed by atoms with Crippen molar-refractivity contribution in [1.82, 2.24) is 0 Å². The summed E-state index contributed by atoms with van der Waals surface area (Å²) < 4.78 is 19.3. The van der Waals surface area contributed by atoms with Gasteiger partial charge in [0, 0.05) is 12.2 Å². The van der Waals surface area contributed by atoms with Crippen molar-refractivity contribution < 1.29 is 18.4 Å². The minimum atomic E-state index is -1.89. The van der Waals surface area contributed by atoms with Crippen molar-refractivity contribution in [2.24, 2.45) is 0 Å². The lowest BCUT2D eigenvalue weighted by atomic mass is 10.0. The molecule has 0 fully saturated rings. The van der Waals surface area contributed by atoms with Crippen LogP contribution in [0.3, 0.4) is 0 Å². The maximum Gasteiger partial charge on any atom is 0.338 e. The fourth-order valence-electron chi connectivity index (χ4n) is 3.81. The first-order valence-electron chi connectivity index (χ1n) is 14.6. The SMILES string of the molecule is CCCC[C@H](CC[C@@H](CCCCOC(=O)c1ccccc1)O[Si](C)(C)C(C)(C)C)O[Si](C)(C)C(C)(C)C. The Balaban J connectivity index is 2.77. The number of hydrogen-bond donors (Lipinski definition) is 0. The molecular formula is C31H58O4Si2. The quantitative estimate of drug-likeness (QED) is 0.117. The van der Waals surface area contributed by atoms with Gasteiger partial charge in [-0.05, 0) is 86.9 Å². The highest BCUT2D eigenvalue weighted by atomic mass is 28.4. The van der Waals surface area contributed by atoms with Crippen LogP contribution in [-0.2, 0) is 13.6 Å². The van der Waals surface area contributed by atoms with Crippen LogP contribution in [-0.4, -0.2) is 41.4 Å². The van der Waals surface area contributed by atoms with Crippen LogP contribution in [0, 0.1) is 0 Å². The zero-order valence-electron chi connectivity index (χ0n) is 26.0. The first-order valence-corrected chi connectivity index (χ1v) is 20.4. The van der Waals surface area contributed by atoms with E-state index in [4.69, 9.17) is 13.6 Å². The molecule has 0 saturated heterocycles. The predicted molar refractivity (Wildman–Crippen MR) is 163 cm³/mol. The molecule has 0 saturated carbocycles. The van der Waals surface area contributed by atoms with Gasteiger partial charge in [0.05, 0.1) is 12.2 Å². The van der Waals surface area contributed by atoms with Crippen molar-refractivity contribution in [3.8, 4) is 0 Å². The van der Waals surface area contributed by atoms with Crippen molar-refractivity contribution >= 4 is 22.6 Å². The van der Waals surface area contributed by atoms with Crippen molar-refractivity contribution in [2.75, 3.05) is 6.61 Å². The van der Waals surface area contributed by atoms with E-state index in [9.17, 15) is 4.79 Å². The smallest absolute Gasteiger partial charge is 0.338 e. The van der Waals surface area contributed by atoms with Crippen molar-refractivity contribution in [2.45, 2.75) is 148 Å². The lowest BCUT2D eigenvalue weighted by Crippen LogP contribution is -2.45. The Morgan fingerprint density at radius 2 is 1.19 bits per heavy atom. The zero-order chi connectivity index (χ0) is 28.3. The van der Waals surface area contributed by atoms with E-state index in [1.165, 1.54) is 12.8 Å². The molecule has 0 unspecified atom stereocenters. The average Bonchev–Trinajstić information content (AvgIpc) is 2.78. The third-order valence-corrected chi connectivity index (χ3v) is 17.5. The molecular weight excluding hydrogens is 493 g/mol. The zero-order valence-corrected chi connectivity index (χ0v) is 28.0. The van der Waals surface area contributed by atoms with Crippen molar-refractivity contribution in [3.63, 3.8) is 0 Å². The molecule has 0 aliphatic rings. The molecule has 0 bridgehead atoms. The monoisotopic (exact) mass is 550 g/mol. The van der Waals surface area contributed by atoms with Crippen LogP contribution in [0.25, 0.3) is 0 Å². The van der Waals surface area contributed by atoms with Crippen molar-refractivity contribution in [1.29, 1.82) is 0 Å². The van der Waals surface area contributed by atoms with Crippen LogP contribution in [0.5, 0.6) is 0 Å². The number of ether oxygens (including phenoxy) is 1. The van der Waals surface area contributed by atoms with Gasteiger partial charge in [-0.1, -0.05) is 79.5 Å². The molecule has 0 N–H and O–H groups in total. The summed E-state index contributed by atoms with van der Waals surface area (Å²) in [4.78, 5) is 12.2. The van der Waals surface area contributed by atoms with Crippen LogP contribution in [0.1, 0.15) is 110 Å². The molecule has 1 aromatic rings. The minimum Gasteiger partial charge on any atom is -0.462 e. The Hall–Kier alpha value is -0.956. The van der Waals surface area contributed by atoms with Gasteiger partial charge in [0.1, 0.15) is 0 Å². The highest BCUT2D eigenvalue weighted by Crippen LogP contribution is 2.40. The molecule has 1 rings (SSSR count). The van der Waals surface area contributed by atoms with E-state index in [1.54, 1.807) is 12.1 Å². The molecule has 2 atom stereocenters. The summed E-state index contributed by atoms with van der Waals surface area (Å²) in [6, 6.07) is 9.23. The van der Waals surface area contributed by atoms with Gasteiger partial charge in [-0.2, -0.15) is 0 Å². The van der Waals surface area contributed by atoms with Gasteiger partial charge in [-0.3, -0.25) is 0 Å². The molecule has 214 valence electrons. The van der Waals surface area contributed by atoms with E-state index in [0.29, 0.717) is 18.3 Å². The van der Waals surface area contributed by atoms with Crippen molar-refractivity contribution in [3.05, 3.63) is 35.9 Å². The summed E-state index contributed by atoms with van der Waals surface area (Å²) in [5, 5.41) is 0.390. The molecule has 0 spiro atoms. The van der Waals surface area contributed by atoms with Gasteiger partial charge in [0.2, 0.25) is 0 Å². The van der Waals surface area contributed by atoms with E-state index in [-0.39, 0.29) is 22.1 Å². The summed E-state index contributed by atoms with van der Waals surface area (Å²) in [5.74, 6) is -0.240. The number of hydrogen-bond acceptors (Lipinski definition) is 4. The predicted octanol–water partition coefficient (Wildman–Crippen LogP) is 9.76. The van der Waals surface area contributed by atoms with Gasteiger partial charge in [0.15, 0.2) is 16.6 Å². The highest BCUT2D eigenvalue weighted by molar-refractivity contribution is 6.74. The molecule has 4 nitrogen and oxygen atoms in total. The fraction of sp³-hybridized carbons (Fsp3) is 0.774. The van der Waals surface area contributed by atoms with Crippen LogP contribution in [0.15, 0.2) is 30.3 Å². The summed E-state index contributed by atoms with van der Waals surface area (Å²) in [6.07, 6.45) is 8.98. The standard InChI is InChI=1S/C31H58O4Si2/c1-12-13-21-27(34-36(8,9)30(2,3)4)23-24-28(35-37(10,11)31(5,6)7)22-17-18-25-33-29(32)26-19-15-14-16-20-26/h14-16,19-20,27-28H,12-13,17-18,21-25H2,1-11H3/t27-,28-/m1/s1. The molecule has 0 amide bonds. The second-order valence-corrected chi connectivity index (χ2v) is 23.2. The van der Waals surface area contributed by atoms with E-state index < -0.39 is 16.6 Å². The third-order valence-electron chi connectivity index (χ3n) is 8.39. The molecule has 0 aromatic heterocycles. The number of carbonyl (C=O) groups excluding carboxylic acids is 1. The first kappa shape index (κ1) is 34.1. The lowest BCUT2D eigenvalue weighted by molar-refractivity contribution is 0.0491. The Bertz CT molecular complexity index is 779. The van der Waals surface area contributed by atoms with Crippen LogP contribution in [0.2, 0.25) is 36.3 Å². The summed E-state index contributed by atoms with van der Waals surface area (Å²) in [7, 11) is -3.71. The molecule has 0 aliphatic carbocycles. The minimum absolute atomic E-state index is 0.176. The Kier molecular flexibility index (Phi) is 13.8. The third kappa shape index (κ3) is 12.2. The first-order chi connectivity index (χ1) is 17.0. The Morgan fingerprint density at radius 1 is 0.730 bits per heavy atom. The Morgan fingerprint density at radius 3 is 1.62 bits per heavy atom. The van der Waals surface area contributed by atoms with E-state index in [2.05, 4.69) is 74.7 Å². The number of unbranched alkanes of at least 4 members (excludes halogenated alkanes) is 2. The highest BCUT2D eigenvalue weighted by Gasteiger charge is 2.40. The van der Waals surface area contributed by atoms with Crippen LogP contribution < -0.4 is 0 Å². The maximum atomic E-state index is 12.2. The molecule has 0 radical (unpaired) electrons. The van der Waals surface area contributed by atoms with Gasteiger partial charge in [0.25, 0.3) is 0 Å². The summed E-state index contributed by atoms with van der Waals surface area (Å²) in [5.41, 5.74) is 0.612. The normalized spacial score (nSPS) is 14.9. The van der Waals surface area contributed by atoms with Crippen LogP contribution >= 0.6 is 0 Å². The number of esters is 1. The molecule has 0 aliphatic heterocycles. The van der Waals surface area contributed by atoms with Gasteiger partial charge in [-0.25, -0.2) is 4.79 Å². The van der Waals surface area contributed by atoms with Gasteiger partial charge >= 0.3 is 5.97 Å². The fourth-order valence-corrected chi connectivity index (χ4v) is 6.66. The largest absolute Gasteiger partial charge is 0.462 e.